The van der Waals surface area contributed by atoms with Crippen LogP contribution in [0.3, 0.4) is 0 Å². The summed E-state index contributed by atoms with van der Waals surface area (Å²) in [5.41, 5.74) is 6.00. The van der Waals surface area contributed by atoms with E-state index < -0.39 is 11.9 Å². The summed E-state index contributed by atoms with van der Waals surface area (Å²) in [6.45, 7) is 0. The fraction of sp³-hybridized carbons (Fsp3) is 0.0769. The topological polar surface area (TPSA) is 82.2 Å². The Labute approximate surface area is 116 Å². The Morgan fingerprint density at radius 2 is 1.90 bits per heavy atom. The zero-order valence-electron chi connectivity index (χ0n) is 10.6. The molecule has 0 fully saturated rings. The lowest BCUT2D eigenvalue weighted by Gasteiger charge is -2.08. The van der Waals surface area contributed by atoms with E-state index in [9.17, 15) is 18.0 Å². The van der Waals surface area contributed by atoms with E-state index in [0.717, 1.165) is 12.1 Å². The van der Waals surface area contributed by atoms with E-state index >= 15 is 0 Å². The maximum Gasteiger partial charge on any atom is 0.573 e. The summed E-state index contributed by atoms with van der Waals surface area (Å²) in [7, 11) is 0. The molecule has 2 aromatic rings. The molecule has 0 aliphatic rings. The molecule has 1 heterocycles. The summed E-state index contributed by atoms with van der Waals surface area (Å²) in [6, 6.07) is 5.13. The Balaban J connectivity index is 2.27. The summed E-state index contributed by atoms with van der Waals surface area (Å²) in [5, 5.41) is 0. The van der Waals surface area contributed by atoms with Gasteiger partial charge in [-0.05, 0) is 24.3 Å². The Morgan fingerprint density at radius 3 is 2.43 bits per heavy atom. The third-order valence-corrected chi connectivity index (χ3v) is 2.53. The second-order valence-electron chi connectivity index (χ2n) is 4.00. The normalized spacial score (nSPS) is 11.8. The van der Waals surface area contributed by atoms with Crippen molar-refractivity contribution in [2.45, 2.75) is 6.36 Å². The minimum Gasteiger partial charge on any atom is -0.406 e. The molecule has 1 aromatic heterocycles. The molecule has 0 amide bonds. The van der Waals surface area contributed by atoms with Crippen molar-refractivity contribution in [2.75, 3.05) is 0 Å². The van der Waals surface area contributed by atoms with Crippen LogP contribution in [0.1, 0.15) is 5.69 Å². The lowest BCUT2D eigenvalue weighted by molar-refractivity contribution is -0.382. The van der Waals surface area contributed by atoms with Crippen LogP contribution < -0.4 is 21.0 Å². The number of hydrogen-bond donors (Lipinski definition) is 2. The first-order valence-corrected chi connectivity index (χ1v) is 5.78. The van der Waals surface area contributed by atoms with Crippen molar-refractivity contribution in [3.05, 3.63) is 52.7 Å². The van der Waals surface area contributed by atoms with Crippen molar-refractivity contribution in [1.29, 1.82) is 0 Å². The van der Waals surface area contributed by atoms with Crippen molar-refractivity contribution in [3.8, 4) is 17.0 Å². The van der Waals surface area contributed by atoms with Gasteiger partial charge in [0.15, 0.2) is 6.20 Å². The molecule has 0 aliphatic carbocycles. The van der Waals surface area contributed by atoms with Crippen LogP contribution in [0.25, 0.3) is 17.3 Å². The van der Waals surface area contributed by atoms with Gasteiger partial charge in [-0.15, -0.1) is 13.2 Å². The number of alkyl halides is 3. The molecule has 5 nitrogen and oxygen atoms in total. The van der Waals surface area contributed by atoms with Crippen LogP contribution in [0.15, 0.2) is 41.5 Å². The van der Waals surface area contributed by atoms with Gasteiger partial charge < -0.3 is 15.5 Å². The van der Waals surface area contributed by atoms with Gasteiger partial charge in [0.05, 0.1) is 0 Å². The third-order valence-electron chi connectivity index (χ3n) is 2.53. The Bertz CT molecular complexity index is 706. The SMILES string of the molecule is NC=Cc1[nH+]cc(-c2ccc(OC(F)(F)F)cc2)[nH]c1=O. The molecule has 4 N–H and O–H groups in total. The van der Waals surface area contributed by atoms with Crippen LogP contribution in [-0.2, 0) is 0 Å². The predicted octanol–water partition coefficient (Wildman–Crippen LogP) is 1.68. The minimum absolute atomic E-state index is 0.262. The summed E-state index contributed by atoms with van der Waals surface area (Å²) < 4.78 is 39.9. The van der Waals surface area contributed by atoms with Crippen molar-refractivity contribution >= 4 is 6.08 Å². The average molecular weight is 298 g/mol. The third kappa shape index (κ3) is 3.85. The van der Waals surface area contributed by atoms with Gasteiger partial charge in [-0.1, -0.05) is 0 Å². The number of H-pyrrole nitrogens is 2. The first-order chi connectivity index (χ1) is 9.89. The molecule has 0 spiro atoms. The molecule has 0 radical (unpaired) electrons. The lowest BCUT2D eigenvalue weighted by atomic mass is 10.1. The van der Waals surface area contributed by atoms with Gasteiger partial charge in [0, 0.05) is 17.8 Å². The first kappa shape index (κ1) is 14.6. The van der Waals surface area contributed by atoms with E-state index in [4.69, 9.17) is 5.73 Å². The molecule has 0 saturated heterocycles. The van der Waals surface area contributed by atoms with E-state index in [1.54, 1.807) is 0 Å². The van der Waals surface area contributed by atoms with Gasteiger partial charge >= 0.3 is 11.9 Å². The van der Waals surface area contributed by atoms with Crippen LogP contribution in [0.2, 0.25) is 0 Å². The van der Waals surface area contributed by atoms with Crippen LogP contribution >= 0.6 is 0 Å². The van der Waals surface area contributed by atoms with Crippen molar-refractivity contribution < 1.29 is 22.9 Å². The highest BCUT2D eigenvalue weighted by molar-refractivity contribution is 5.58. The van der Waals surface area contributed by atoms with Crippen LogP contribution in [0.4, 0.5) is 13.2 Å². The molecule has 8 heteroatoms. The monoisotopic (exact) mass is 298 g/mol. The van der Waals surface area contributed by atoms with E-state index in [2.05, 4.69) is 14.7 Å². The smallest absolute Gasteiger partial charge is 0.406 e. The molecule has 0 atom stereocenters. The number of nitrogens with one attached hydrogen (secondary N) is 2. The van der Waals surface area contributed by atoms with E-state index in [1.807, 2.05) is 0 Å². The maximum absolute atomic E-state index is 12.0. The molecular weight excluding hydrogens is 287 g/mol. The average Bonchev–Trinajstić information content (AvgIpc) is 2.40. The standard InChI is InChI=1S/C13H10F3N3O2/c14-13(15,16)21-9-3-1-8(2-4-9)11-7-18-10(5-6-17)12(20)19-11/h1-7H,17H2,(H,19,20)/p+1. The highest BCUT2D eigenvalue weighted by atomic mass is 19.4. The fourth-order valence-corrected chi connectivity index (χ4v) is 1.65. The molecule has 0 bridgehead atoms. The first-order valence-electron chi connectivity index (χ1n) is 5.78. The zero-order valence-corrected chi connectivity index (χ0v) is 10.6. The van der Waals surface area contributed by atoms with Gasteiger partial charge in [-0.2, -0.15) is 0 Å². The summed E-state index contributed by atoms with van der Waals surface area (Å²) in [4.78, 5) is 17.0. The molecule has 0 unspecified atom stereocenters. The van der Waals surface area contributed by atoms with Crippen molar-refractivity contribution in [3.63, 3.8) is 0 Å². The van der Waals surface area contributed by atoms with Crippen LogP contribution in [-0.4, -0.2) is 11.3 Å². The Hall–Kier alpha value is -2.77. The van der Waals surface area contributed by atoms with Gasteiger partial charge in [0.25, 0.3) is 5.69 Å². The zero-order chi connectivity index (χ0) is 15.5. The number of ether oxygens (including phenoxy) is 1. The predicted molar refractivity (Wildman–Crippen MR) is 69.0 cm³/mol. The molecule has 1 aromatic carbocycles. The fourth-order valence-electron chi connectivity index (χ4n) is 1.65. The second kappa shape index (κ2) is 5.70. The van der Waals surface area contributed by atoms with Gasteiger partial charge in [0.2, 0.25) is 0 Å². The summed E-state index contributed by atoms with van der Waals surface area (Å²) >= 11 is 0. The summed E-state index contributed by atoms with van der Waals surface area (Å²) in [5.74, 6) is -0.333. The molecule has 2 rings (SSSR count). The molecule has 0 aliphatic heterocycles. The second-order valence-corrected chi connectivity index (χ2v) is 4.00. The number of benzene rings is 1. The van der Waals surface area contributed by atoms with Crippen molar-refractivity contribution in [1.82, 2.24) is 4.98 Å². The largest absolute Gasteiger partial charge is 0.573 e. The lowest BCUT2D eigenvalue weighted by Crippen LogP contribution is -2.23. The number of halogens is 3. The molecule has 21 heavy (non-hydrogen) atoms. The van der Waals surface area contributed by atoms with Crippen LogP contribution in [0, 0.1) is 0 Å². The van der Waals surface area contributed by atoms with Gasteiger partial charge in [-0.25, -0.2) is 4.98 Å². The van der Waals surface area contributed by atoms with E-state index in [0.29, 0.717) is 11.3 Å². The van der Waals surface area contributed by atoms with Crippen LogP contribution in [0.5, 0.6) is 5.75 Å². The number of rotatable bonds is 3. The number of hydrogen-bond acceptors (Lipinski definition) is 3. The minimum atomic E-state index is -4.74. The van der Waals surface area contributed by atoms with Gasteiger partial charge in [0.1, 0.15) is 11.4 Å². The number of aromatic amines is 2. The van der Waals surface area contributed by atoms with Crippen molar-refractivity contribution in [2.24, 2.45) is 5.73 Å². The maximum atomic E-state index is 12.0. The quantitative estimate of drug-likeness (QED) is 0.904. The number of nitrogens with two attached hydrogens (primary N) is 1. The Morgan fingerprint density at radius 1 is 1.24 bits per heavy atom. The number of aromatic nitrogens is 2. The highest BCUT2D eigenvalue weighted by Gasteiger charge is 2.30. The van der Waals surface area contributed by atoms with Gasteiger partial charge in [-0.3, -0.25) is 4.79 Å². The summed E-state index contributed by atoms with van der Waals surface area (Å²) in [6.07, 6.45) is -0.622. The molecule has 110 valence electrons. The molecular formula is C13H11F3N3O2+. The highest BCUT2D eigenvalue weighted by Crippen LogP contribution is 2.24. The van der Waals surface area contributed by atoms with E-state index in [-0.39, 0.29) is 11.4 Å². The van der Waals surface area contributed by atoms with E-state index in [1.165, 1.54) is 30.6 Å². The Kier molecular flexibility index (Phi) is 3.97. The molecule has 0 saturated carbocycles.